The van der Waals surface area contributed by atoms with E-state index in [1.807, 2.05) is 18.2 Å². The van der Waals surface area contributed by atoms with Gasteiger partial charge in [-0.05, 0) is 25.6 Å². The molecule has 1 aliphatic carbocycles. The predicted molar refractivity (Wildman–Crippen MR) is 74.9 cm³/mol. The first kappa shape index (κ1) is 13.5. The molecule has 5 heteroatoms. The van der Waals surface area contributed by atoms with E-state index >= 15 is 0 Å². The summed E-state index contributed by atoms with van der Waals surface area (Å²) in [6.45, 7) is 5.45. The molecule has 1 heterocycles. The van der Waals surface area contributed by atoms with Crippen molar-refractivity contribution in [1.82, 2.24) is 9.80 Å². The summed E-state index contributed by atoms with van der Waals surface area (Å²) in [4.78, 5) is 4.80. The molecule has 0 bridgehead atoms. The van der Waals surface area contributed by atoms with Crippen LogP contribution in [0.15, 0.2) is 23.9 Å². The number of nitrogens with zero attached hydrogens (tertiary/aromatic N) is 2. The topological polar surface area (TPSA) is 84.5 Å². The van der Waals surface area contributed by atoms with Crippen molar-refractivity contribution < 1.29 is 0 Å². The third-order valence-corrected chi connectivity index (χ3v) is 4.01. The molecule has 2 aliphatic rings. The van der Waals surface area contributed by atoms with Crippen LogP contribution in [0, 0.1) is 0 Å². The van der Waals surface area contributed by atoms with Crippen molar-refractivity contribution >= 4 is 0 Å². The molecule has 1 fully saturated rings. The Morgan fingerprint density at radius 1 is 1.33 bits per heavy atom. The van der Waals surface area contributed by atoms with Crippen molar-refractivity contribution in [3.8, 4) is 0 Å². The van der Waals surface area contributed by atoms with Crippen LogP contribution in [0.1, 0.15) is 6.42 Å². The van der Waals surface area contributed by atoms with Gasteiger partial charge in [0.2, 0.25) is 0 Å². The Labute approximate surface area is 109 Å². The molecule has 6 N–H and O–H groups in total. The van der Waals surface area contributed by atoms with Gasteiger partial charge in [0.05, 0.1) is 5.54 Å². The second-order valence-electron chi connectivity index (χ2n) is 5.54. The van der Waals surface area contributed by atoms with Gasteiger partial charge in [-0.15, -0.1) is 0 Å². The Balaban J connectivity index is 1.87. The minimum Gasteiger partial charge on any atom is -0.399 e. The summed E-state index contributed by atoms with van der Waals surface area (Å²) in [5, 5.41) is 0. The van der Waals surface area contributed by atoms with Crippen molar-refractivity contribution in [2.75, 3.05) is 39.8 Å². The van der Waals surface area contributed by atoms with E-state index in [0.717, 1.165) is 44.8 Å². The molecule has 0 aromatic carbocycles. The molecule has 0 spiro atoms. The molecule has 2 rings (SSSR count). The molecule has 5 nitrogen and oxygen atoms in total. The molecule has 0 saturated carbocycles. The van der Waals surface area contributed by atoms with E-state index in [9.17, 15) is 0 Å². The highest BCUT2D eigenvalue weighted by Crippen LogP contribution is 2.20. The smallest absolute Gasteiger partial charge is 0.0564 e. The molecule has 0 amide bonds. The Morgan fingerprint density at radius 3 is 2.67 bits per heavy atom. The average Bonchev–Trinajstić information content (AvgIpc) is 2.34. The van der Waals surface area contributed by atoms with Gasteiger partial charge in [0.1, 0.15) is 0 Å². The van der Waals surface area contributed by atoms with Gasteiger partial charge in [0, 0.05) is 44.5 Å². The maximum Gasteiger partial charge on any atom is 0.0564 e. The monoisotopic (exact) mass is 251 g/mol. The van der Waals surface area contributed by atoms with Gasteiger partial charge in [-0.1, -0.05) is 6.08 Å². The van der Waals surface area contributed by atoms with Crippen LogP contribution in [-0.2, 0) is 0 Å². The number of allylic oxidation sites excluding steroid dienone is 1. The molecule has 0 aromatic heterocycles. The normalized spacial score (nSPS) is 34.6. The summed E-state index contributed by atoms with van der Waals surface area (Å²) in [7, 11) is 2.16. The molecule has 0 aromatic rings. The minimum absolute atomic E-state index is 0.141. The van der Waals surface area contributed by atoms with Crippen molar-refractivity contribution in [2.24, 2.45) is 17.2 Å². The van der Waals surface area contributed by atoms with E-state index in [4.69, 9.17) is 17.2 Å². The van der Waals surface area contributed by atoms with E-state index < -0.39 is 5.54 Å². The first-order valence-corrected chi connectivity index (χ1v) is 6.61. The molecule has 0 radical (unpaired) electrons. The Kier molecular flexibility index (Phi) is 4.07. The SMILES string of the molecule is CN1CCN(CCC2(N)C=C(N)C=CC2N)CC1. The Morgan fingerprint density at radius 2 is 2.00 bits per heavy atom. The summed E-state index contributed by atoms with van der Waals surface area (Å²) in [5.74, 6) is 0. The maximum absolute atomic E-state index is 6.37. The van der Waals surface area contributed by atoms with Gasteiger partial charge in [0.15, 0.2) is 0 Å². The van der Waals surface area contributed by atoms with E-state index in [0.29, 0.717) is 0 Å². The number of hydrogen-bond donors (Lipinski definition) is 3. The molecular weight excluding hydrogens is 226 g/mol. The second-order valence-corrected chi connectivity index (χ2v) is 5.54. The van der Waals surface area contributed by atoms with Crippen molar-refractivity contribution in [1.29, 1.82) is 0 Å². The third-order valence-electron chi connectivity index (χ3n) is 4.01. The van der Waals surface area contributed by atoms with E-state index in [2.05, 4.69) is 16.8 Å². The van der Waals surface area contributed by atoms with Crippen LogP contribution in [0.5, 0.6) is 0 Å². The zero-order valence-electron chi connectivity index (χ0n) is 11.2. The molecular formula is C13H25N5. The zero-order chi connectivity index (χ0) is 13.2. The van der Waals surface area contributed by atoms with Crippen LogP contribution in [0.3, 0.4) is 0 Å². The lowest BCUT2D eigenvalue weighted by Gasteiger charge is -2.37. The lowest BCUT2D eigenvalue weighted by molar-refractivity contribution is 0.145. The summed E-state index contributed by atoms with van der Waals surface area (Å²) in [6.07, 6.45) is 6.50. The first-order valence-electron chi connectivity index (χ1n) is 6.61. The number of piperazine rings is 1. The lowest BCUT2D eigenvalue weighted by Crippen LogP contribution is -2.56. The standard InChI is InChI=1S/C13H25N5/c1-17-6-8-18(9-7-17)5-4-13(16)10-11(14)2-3-12(13)15/h2-3,10,12H,4-9,14-16H2,1H3. The summed E-state index contributed by atoms with van der Waals surface area (Å²) < 4.78 is 0. The maximum atomic E-state index is 6.37. The summed E-state index contributed by atoms with van der Waals surface area (Å²) in [6, 6.07) is -0.141. The second kappa shape index (κ2) is 5.40. The van der Waals surface area contributed by atoms with Crippen LogP contribution in [-0.4, -0.2) is 61.2 Å². The number of rotatable bonds is 3. The molecule has 1 saturated heterocycles. The fourth-order valence-electron chi connectivity index (χ4n) is 2.51. The average molecular weight is 251 g/mol. The Bertz CT molecular complexity index is 343. The molecule has 18 heavy (non-hydrogen) atoms. The van der Waals surface area contributed by atoms with Gasteiger partial charge in [0.25, 0.3) is 0 Å². The summed E-state index contributed by atoms with van der Waals surface area (Å²) >= 11 is 0. The van der Waals surface area contributed by atoms with Gasteiger partial charge >= 0.3 is 0 Å². The molecule has 2 atom stereocenters. The molecule has 2 unspecified atom stereocenters. The number of likely N-dealkylation sites (N-methyl/N-ethyl adjacent to an activating group) is 1. The van der Waals surface area contributed by atoms with Crippen molar-refractivity contribution in [3.05, 3.63) is 23.9 Å². The highest BCUT2D eigenvalue weighted by molar-refractivity contribution is 5.31. The zero-order valence-corrected chi connectivity index (χ0v) is 11.2. The first-order chi connectivity index (χ1) is 8.49. The van der Waals surface area contributed by atoms with Crippen molar-refractivity contribution in [3.63, 3.8) is 0 Å². The quantitative estimate of drug-likeness (QED) is 0.603. The lowest BCUT2D eigenvalue weighted by atomic mass is 9.83. The van der Waals surface area contributed by atoms with Crippen molar-refractivity contribution in [2.45, 2.75) is 18.0 Å². The van der Waals surface area contributed by atoms with Gasteiger partial charge in [-0.2, -0.15) is 0 Å². The van der Waals surface area contributed by atoms with Crippen LogP contribution in [0.25, 0.3) is 0 Å². The fraction of sp³-hybridized carbons (Fsp3) is 0.692. The highest BCUT2D eigenvalue weighted by Gasteiger charge is 2.31. The summed E-state index contributed by atoms with van der Waals surface area (Å²) in [5.41, 5.74) is 18.5. The van der Waals surface area contributed by atoms with Gasteiger partial charge in [-0.3, -0.25) is 0 Å². The van der Waals surface area contributed by atoms with E-state index in [-0.39, 0.29) is 6.04 Å². The van der Waals surface area contributed by atoms with E-state index in [1.165, 1.54) is 0 Å². The highest BCUT2D eigenvalue weighted by atomic mass is 15.2. The number of hydrogen-bond acceptors (Lipinski definition) is 5. The minimum atomic E-state index is -0.498. The van der Waals surface area contributed by atoms with Gasteiger partial charge in [-0.25, -0.2) is 0 Å². The van der Waals surface area contributed by atoms with Crippen LogP contribution in [0.2, 0.25) is 0 Å². The van der Waals surface area contributed by atoms with Crippen LogP contribution >= 0.6 is 0 Å². The van der Waals surface area contributed by atoms with Crippen LogP contribution in [0.4, 0.5) is 0 Å². The predicted octanol–water partition coefficient (Wildman–Crippen LogP) is -0.939. The van der Waals surface area contributed by atoms with Gasteiger partial charge < -0.3 is 27.0 Å². The van der Waals surface area contributed by atoms with Crippen LogP contribution < -0.4 is 17.2 Å². The molecule has 102 valence electrons. The largest absolute Gasteiger partial charge is 0.399 e. The molecule has 1 aliphatic heterocycles. The third kappa shape index (κ3) is 3.11. The Hall–Kier alpha value is -0.880. The fourth-order valence-corrected chi connectivity index (χ4v) is 2.51. The number of nitrogens with two attached hydrogens (primary N) is 3. The van der Waals surface area contributed by atoms with E-state index in [1.54, 1.807) is 0 Å².